The van der Waals surface area contributed by atoms with Gasteiger partial charge in [0.15, 0.2) is 0 Å². The van der Waals surface area contributed by atoms with Crippen LogP contribution < -0.4 is 11.1 Å². The molecule has 0 bridgehead atoms. The maximum Gasteiger partial charge on any atom is 0.234 e. The molecule has 1 aromatic rings. The van der Waals surface area contributed by atoms with Gasteiger partial charge in [-0.25, -0.2) is 8.78 Å². The number of nitrogens with one attached hydrogen (secondary N) is 1. The average Bonchev–Trinajstić information content (AvgIpc) is 2.32. The minimum absolute atomic E-state index is 0.00283. The first-order valence-corrected chi connectivity index (χ1v) is 4.96. The van der Waals surface area contributed by atoms with E-state index in [9.17, 15) is 13.6 Å². The topological polar surface area (TPSA) is 55.1 Å². The van der Waals surface area contributed by atoms with Crippen LogP contribution in [0.4, 0.5) is 8.78 Å². The van der Waals surface area contributed by atoms with E-state index in [1.54, 1.807) is 0 Å². The molecule has 90 valence electrons. The second-order valence-electron chi connectivity index (χ2n) is 3.34. The molecule has 0 aliphatic carbocycles. The van der Waals surface area contributed by atoms with Crippen molar-refractivity contribution in [3.8, 4) is 11.8 Å². The number of hydrogen-bond acceptors (Lipinski definition) is 2. The molecule has 0 aliphatic rings. The van der Waals surface area contributed by atoms with E-state index >= 15 is 0 Å². The molecule has 1 rings (SSSR count). The van der Waals surface area contributed by atoms with E-state index in [2.05, 4.69) is 17.2 Å². The lowest BCUT2D eigenvalue weighted by Crippen LogP contribution is -2.30. The van der Waals surface area contributed by atoms with Gasteiger partial charge >= 0.3 is 0 Å². The van der Waals surface area contributed by atoms with E-state index in [0.717, 1.165) is 6.07 Å². The second kappa shape index (κ2) is 5.97. The van der Waals surface area contributed by atoms with Gasteiger partial charge in [-0.2, -0.15) is 0 Å². The summed E-state index contributed by atoms with van der Waals surface area (Å²) < 4.78 is 26.7. The molecule has 5 heteroatoms. The quantitative estimate of drug-likeness (QED) is 0.745. The van der Waals surface area contributed by atoms with Crippen LogP contribution in [0.5, 0.6) is 0 Å². The van der Waals surface area contributed by atoms with Gasteiger partial charge in [-0.3, -0.25) is 4.79 Å². The minimum Gasteiger partial charge on any atom is -0.344 e. The molecule has 0 heterocycles. The molecule has 0 radical (unpaired) electrons. The number of carbonyl (C=O) groups excluding carboxylic acids is 1. The van der Waals surface area contributed by atoms with Gasteiger partial charge < -0.3 is 11.1 Å². The fourth-order valence-electron chi connectivity index (χ4n) is 1.12. The van der Waals surface area contributed by atoms with Crippen molar-refractivity contribution in [2.75, 3.05) is 13.1 Å². The Kier molecular flexibility index (Phi) is 4.61. The fraction of sp³-hybridized carbons (Fsp3) is 0.250. The second-order valence-corrected chi connectivity index (χ2v) is 3.34. The highest BCUT2D eigenvalue weighted by molar-refractivity contribution is 5.77. The van der Waals surface area contributed by atoms with Gasteiger partial charge in [-0.15, -0.1) is 0 Å². The van der Waals surface area contributed by atoms with E-state index in [-0.39, 0.29) is 24.6 Å². The minimum atomic E-state index is -0.717. The van der Waals surface area contributed by atoms with Crippen LogP contribution in [0.3, 0.4) is 0 Å². The summed E-state index contributed by atoms with van der Waals surface area (Å²) in [6, 6.07) is 2.49. The lowest BCUT2D eigenvalue weighted by atomic mass is 10.1. The van der Waals surface area contributed by atoms with Gasteiger partial charge in [0.05, 0.1) is 18.7 Å². The summed E-state index contributed by atoms with van der Waals surface area (Å²) in [5.41, 5.74) is 5.09. The van der Waals surface area contributed by atoms with Crippen LogP contribution in [0, 0.1) is 30.4 Å². The van der Waals surface area contributed by atoms with Crippen LogP contribution in [-0.4, -0.2) is 19.0 Å². The molecule has 0 spiro atoms. The Labute approximate surface area is 98.0 Å². The lowest BCUT2D eigenvalue weighted by molar-refractivity contribution is -0.119. The van der Waals surface area contributed by atoms with Crippen LogP contribution >= 0.6 is 0 Å². The fourth-order valence-corrected chi connectivity index (χ4v) is 1.12. The number of aryl methyl sites for hydroxylation is 1. The Hall–Kier alpha value is -1.93. The summed E-state index contributed by atoms with van der Waals surface area (Å²) in [6.07, 6.45) is 0. The smallest absolute Gasteiger partial charge is 0.234 e. The maximum atomic E-state index is 13.5. The largest absolute Gasteiger partial charge is 0.344 e. The number of amides is 1. The number of halogens is 2. The normalized spacial score (nSPS) is 9.41. The first kappa shape index (κ1) is 13.1. The Bertz CT molecular complexity index is 489. The lowest BCUT2D eigenvalue weighted by Gasteiger charge is -2.00. The SMILES string of the molecule is Cc1ccc(F)c(C#CCNC(=O)CN)c1F. The number of rotatable bonds is 2. The van der Waals surface area contributed by atoms with Crippen LogP contribution in [0.25, 0.3) is 0 Å². The van der Waals surface area contributed by atoms with E-state index in [4.69, 9.17) is 5.73 Å². The van der Waals surface area contributed by atoms with E-state index in [1.165, 1.54) is 13.0 Å². The molecule has 0 fully saturated rings. The van der Waals surface area contributed by atoms with Crippen LogP contribution in [0.15, 0.2) is 12.1 Å². The zero-order chi connectivity index (χ0) is 12.8. The summed E-state index contributed by atoms with van der Waals surface area (Å²) in [5.74, 6) is 3.04. The van der Waals surface area contributed by atoms with Crippen molar-refractivity contribution < 1.29 is 13.6 Å². The molecule has 3 nitrogen and oxygen atoms in total. The third-order valence-electron chi connectivity index (χ3n) is 2.06. The van der Waals surface area contributed by atoms with Gasteiger partial charge in [0, 0.05) is 0 Å². The van der Waals surface area contributed by atoms with Crippen molar-refractivity contribution in [2.45, 2.75) is 6.92 Å². The average molecular weight is 238 g/mol. The van der Waals surface area contributed by atoms with Crippen molar-refractivity contribution in [3.05, 3.63) is 34.9 Å². The predicted molar refractivity (Wildman–Crippen MR) is 60.0 cm³/mol. The zero-order valence-electron chi connectivity index (χ0n) is 9.31. The molecular formula is C12H12F2N2O. The molecule has 0 saturated carbocycles. The standard InChI is InChI=1S/C12H12F2N2O/c1-8-4-5-10(13)9(12(8)14)3-2-6-16-11(17)7-15/h4-5H,6-7,15H2,1H3,(H,16,17). The monoisotopic (exact) mass is 238 g/mol. The van der Waals surface area contributed by atoms with Gasteiger partial charge in [0.2, 0.25) is 5.91 Å². The van der Waals surface area contributed by atoms with Crippen LogP contribution in [0.2, 0.25) is 0 Å². The van der Waals surface area contributed by atoms with Crippen molar-refractivity contribution in [2.24, 2.45) is 5.73 Å². The van der Waals surface area contributed by atoms with Crippen molar-refractivity contribution >= 4 is 5.91 Å². The summed E-state index contributed by atoms with van der Waals surface area (Å²) in [4.78, 5) is 10.8. The van der Waals surface area contributed by atoms with Crippen molar-refractivity contribution in [1.29, 1.82) is 0 Å². The number of nitrogens with two attached hydrogens (primary N) is 1. The predicted octanol–water partition coefficient (Wildman–Crippen LogP) is 0.700. The summed E-state index contributed by atoms with van der Waals surface area (Å²) in [6.45, 7) is 1.38. The number of benzene rings is 1. The van der Waals surface area contributed by atoms with E-state index in [0.29, 0.717) is 5.56 Å². The van der Waals surface area contributed by atoms with Gasteiger partial charge in [-0.05, 0) is 18.6 Å². The molecule has 1 amide bonds. The third-order valence-corrected chi connectivity index (χ3v) is 2.06. The molecule has 0 atom stereocenters. The van der Waals surface area contributed by atoms with E-state index < -0.39 is 11.6 Å². The Morgan fingerprint density at radius 1 is 1.47 bits per heavy atom. The summed E-state index contributed by atoms with van der Waals surface area (Å²) in [5, 5.41) is 2.37. The highest BCUT2D eigenvalue weighted by Crippen LogP contribution is 2.14. The molecule has 0 aromatic heterocycles. The van der Waals surface area contributed by atoms with Gasteiger partial charge in [0.25, 0.3) is 0 Å². The molecule has 3 N–H and O–H groups in total. The highest BCUT2D eigenvalue weighted by Gasteiger charge is 2.08. The molecular weight excluding hydrogens is 226 g/mol. The molecule has 1 aromatic carbocycles. The maximum absolute atomic E-state index is 13.5. The summed E-state index contributed by atoms with van der Waals surface area (Å²) in [7, 11) is 0. The van der Waals surface area contributed by atoms with E-state index in [1.807, 2.05) is 0 Å². The van der Waals surface area contributed by atoms with Crippen molar-refractivity contribution in [1.82, 2.24) is 5.32 Å². The van der Waals surface area contributed by atoms with Crippen LogP contribution in [-0.2, 0) is 4.79 Å². The molecule has 17 heavy (non-hydrogen) atoms. The highest BCUT2D eigenvalue weighted by atomic mass is 19.1. The first-order valence-electron chi connectivity index (χ1n) is 4.96. The van der Waals surface area contributed by atoms with Crippen molar-refractivity contribution in [3.63, 3.8) is 0 Å². The Balaban J connectivity index is 2.78. The molecule has 0 saturated heterocycles. The Morgan fingerprint density at radius 2 is 2.18 bits per heavy atom. The number of carbonyl (C=O) groups is 1. The Morgan fingerprint density at radius 3 is 2.82 bits per heavy atom. The zero-order valence-corrected chi connectivity index (χ0v) is 9.31. The number of hydrogen-bond donors (Lipinski definition) is 2. The first-order chi connectivity index (χ1) is 8.06. The van der Waals surface area contributed by atoms with Crippen LogP contribution in [0.1, 0.15) is 11.1 Å². The third kappa shape index (κ3) is 3.54. The van der Waals surface area contributed by atoms with Gasteiger partial charge in [0.1, 0.15) is 11.6 Å². The molecule has 0 unspecified atom stereocenters. The summed E-state index contributed by atoms with van der Waals surface area (Å²) >= 11 is 0. The van der Waals surface area contributed by atoms with Gasteiger partial charge in [-0.1, -0.05) is 17.9 Å². The molecule has 0 aliphatic heterocycles.